The van der Waals surface area contributed by atoms with E-state index in [2.05, 4.69) is 10.6 Å². The van der Waals surface area contributed by atoms with Crippen LogP contribution in [0.5, 0.6) is 0 Å². The fourth-order valence-corrected chi connectivity index (χ4v) is 2.21. The molecule has 0 aliphatic rings. The number of hydrogen-bond donors (Lipinski definition) is 0. The lowest BCUT2D eigenvalue weighted by Crippen LogP contribution is -2.30. The number of halogens is 1. The topological polar surface area (TPSA) is 17.0 Å². The highest BCUT2D eigenvalue weighted by Gasteiger charge is 2.04. The van der Waals surface area contributed by atoms with Crippen molar-refractivity contribution < 1.29 is 8.98 Å². The Labute approximate surface area is 128 Å². The van der Waals surface area contributed by atoms with Crippen LogP contribution in [0.1, 0.15) is 11.5 Å². The number of hydrogen-bond acceptors (Lipinski definition) is 1. The van der Waals surface area contributed by atoms with E-state index in [0.717, 1.165) is 27.8 Å². The highest BCUT2D eigenvalue weighted by Crippen LogP contribution is 2.24. The van der Waals surface area contributed by atoms with Gasteiger partial charge in [0.2, 0.25) is 5.69 Å². The van der Waals surface area contributed by atoms with Crippen LogP contribution in [0, 0.1) is 0 Å². The molecule has 0 spiro atoms. The van der Waals surface area contributed by atoms with Gasteiger partial charge in [-0.25, -0.2) is 4.57 Å². The first-order valence-electron chi connectivity index (χ1n) is 6.71. The van der Waals surface area contributed by atoms with E-state index in [9.17, 15) is 0 Å². The van der Waals surface area contributed by atoms with Crippen molar-refractivity contribution in [1.29, 1.82) is 0 Å². The highest BCUT2D eigenvalue weighted by molar-refractivity contribution is 6.30. The lowest BCUT2D eigenvalue weighted by Gasteiger charge is -1.96. The molecule has 0 atom stereocenters. The number of pyridine rings is 1. The Morgan fingerprint density at radius 2 is 1.76 bits per heavy atom. The molecule has 2 nitrogen and oxygen atoms in total. The van der Waals surface area contributed by atoms with Crippen LogP contribution in [0.4, 0.5) is 0 Å². The molecular weight excluding hydrogens is 282 g/mol. The zero-order valence-corrected chi connectivity index (χ0v) is 12.4. The second-order valence-electron chi connectivity index (χ2n) is 4.78. The van der Waals surface area contributed by atoms with E-state index in [-0.39, 0.29) is 0 Å². The van der Waals surface area contributed by atoms with Crippen molar-refractivity contribution in [2.24, 2.45) is 7.05 Å². The number of aryl methyl sites for hydroxylation is 1. The SMILES string of the molecule is C[n+]1ccccc1/C=C/c1ccc(-c2ccc(Cl)cc2)o1. The van der Waals surface area contributed by atoms with Crippen molar-refractivity contribution in [3.63, 3.8) is 0 Å². The van der Waals surface area contributed by atoms with Crippen LogP contribution in [-0.2, 0) is 7.05 Å². The summed E-state index contributed by atoms with van der Waals surface area (Å²) in [5.74, 6) is 1.66. The molecule has 0 fully saturated rings. The van der Waals surface area contributed by atoms with E-state index >= 15 is 0 Å². The van der Waals surface area contributed by atoms with Gasteiger partial charge in [0, 0.05) is 28.8 Å². The maximum Gasteiger partial charge on any atom is 0.205 e. The van der Waals surface area contributed by atoms with Crippen molar-refractivity contribution >= 4 is 23.8 Å². The van der Waals surface area contributed by atoms with Crippen LogP contribution in [-0.4, -0.2) is 0 Å². The summed E-state index contributed by atoms with van der Waals surface area (Å²) in [6, 6.07) is 17.6. The molecule has 0 unspecified atom stereocenters. The molecule has 0 aliphatic carbocycles. The van der Waals surface area contributed by atoms with Gasteiger partial charge in [0.1, 0.15) is 18.6 Å². The van der Waals surface area contributed by atoms with E-state index in [4.69, 9.17) is 16.0 Å². The Kier molecular flexibility index (Phi) is 3.89. The molecule has 0 N–H and O–H groups in total. The Hall–Kier alpha value is -2.32. The van der Waals surface area contributed by atoms with E-state index in [0.29, 0.717) is 0 Å². The lowest BCUT2D eigenvalue weighted by atomic mass is 10.2. The molecule has 3 rings (SSSR count). The molecule has 0 radical (unpaired) electrons. The predicted octanol–water partition coefficient (Wildman–Crippen LogP) is 4.59. The summed E-state index contributed by atoms with van der Waals surface area (Å²) in [5, 5.41) is 0.724. The van der Waals surface area contributed by atoms with Gasteiger partial charge in [0.25, 0.3) is 0 Å². The molecule has 104 valence electrons. The molecule has 0 amide bonds. The maximum atomic E-state index is 5.89. The molecule has 21 heavy (non-hydrogen) atoms. The highest BCUT2D eigenvalue weighted by atomic mass is 35.5. The van der Waals surface area contributed by atoms with Crippen LogP contribution in [0.3, 0.4) is 0 Å². The minimum absolute atomic E-state index is 0.724. The van der Waals surface area contributed by atoms with Gasteiger partial charge in [0.15, 0.2) is 6.20 Å². The van der Waals surface area contributed by atoms with E-state index in [1.54, 1.807) is 0 Å². The molecule has 2 heterocycles. The fraction of sp³-hybridized carbons (Fsp3) is 0.0556. The summed E-state index contributed by atoms with van der Waals surface area (Å²) in [6.45, 7) is 0. The second kappa shape index (κ2) is 5.98. The summed E-state index contributed by atoms with van der Waals surface area (Å²) >= 11 is 5.89. The second-order valence-corrected chi connectivity index (χ2v) is 5.22. The number of nitrogens with zero attached hydrogens (tertiary/aromatic N) is 1. The zero-order chi connectivity index (χ0) is 14.7. The van der Waals surface area contributed by atoms with Crippen LogP contribution >= 0.6 is 11.6 Å². The number of rotatable bonds is 3. The van der Waals surface area contributed by atoms with Gasteiger partial charge < -0.3 is 4.42 Å². The van der Waals surface area contributed by atoms with Crippen molar-refractivity contribution in [2.45, 2.75) is 0 Å². The van der Waals surface area contributed by atoms with Crippen LogP contribution < -0.4 is 4.57 Å². The van der Waals surface area contributed by atoms with Gasteiger partial charge in [-0.3, -0.25) is 0 Å². The van der Waals surface area contributed by atoms with Gasteiger partial charge in [-0.1, -0.05) is 11.6 Å². The minimum Gasteiger partial charge on any atom is -0.457 e. The van der Waals surface area contributed by atoms with Gasteiger partial charge in [0.05, 0.1) is 0 Å². The fourth-order valence-electron chi connectivity index (χ4n) is 2.09. The Morgan fingerprint density at radius 1 is 0.952 bits per heavy atom. The Balaban J connectivity index is 1.82. The lowest BCUT2D eigenvalue weighted by molar-refractivity contribution is -0.673. The van der Waals surface area contributed by atoms with Crippen LogP contribution in [0.2, 0.25) is 5.02 Å². The maximum absolute atomic E-state index is 5.89. The third-order valence-corrected chi connectivity index (χ3v) is 3.52. The first-order chi connectivity index (χ1) is 10.2. The largest absolute Gasteiger partial charge is 0.457 e. The number of furan rings is 1. The summed E-state index contributed by atoms with van der Waals surface area (Å²) in [4.78, 5) is 0. The third kappa shape index (κ3) is 3.23. The smallest absolute Gasteiger partial charge is 0.205 e. The molecule has 1 aromatic carbocycles. The molecule has 0 saturated heterocycles. The van der Waals surface area contributed by atoms with Crippen LogP contribution in [0.15, 0.2) is 65.2 Å². The molecule has 2 aromatic heterocycles. The standard InChI is InChI=1S/C18H15ClNO/c1-20-13-3-2-4-16(20)9-10-17-11-12-18(21-17)14-5-7-15(19)8-6-14/h2-13H,1H3/q+1/b10-9+. The van der Waals surface area contributed by atoms with Crippen molar-refractivity contribution in [1.82, 2.24) is 0 Å². The quantitative estimate of drug-likeness (QED) is 0.646. The van der Waals surface area contributed by atoms with Crippen LogP contribution in [0.25, 0.3) is 23.5 Å². The molecule has 3 aromatic rings. The first kappa shape index (κ1) is 13.7. The van der Waals surface area contributed by atoms with Crippen molar-refractivity contribution in [3.8, 4) is 11.3 Å². The molecule has 0 bridgehead atoms. The zero-order valence-electron chi connectivity index (χ0n) is 11.7. The minimum atomic E-state index is 0.724. The molecule has 0 saturated carbocycles. The summed E-state index contributed by atoms with van der Waals surface area (Å²) < 4.78 is 7.89. The average Bonchev–Trinajstić information content (AvgIpc) is 2.96. The Morgan fingerprint density at radius 3 is 2.52 bits per heavy atom. The van der Waals surface area contributed by atoms with E-state index in [1.165, 1.54) is 0 Å². The molecule has 0 aliphatic heterocycles. The summed E-state index contributed by atoms with van der Waals surface area (Å²) in [6.07, 6.45) is 6.01. The average molecular weight is 297 g/mol. The van der Waals surface area contributed by atoms with Crippen molar-refractivity contribution in [3.05, 3.63) is 77.3 Å². The summed E-state index contributed by atoms with van der Waals surface area (Å²) in [7, 11) is 2.01. The number of aromatic nitrogens is 1. The van der Waals surface area contributed by atoms with Gasteiger partial charge in [-0.2, -0.15) is 0 Å². The van der Waals surface area contributed by atoms with Gasteiger partial charge in [-0.05, 0) is 48.5 Å². The van der Waals surface area contributed by atoms with E-state index in [1.807, 2.05) is 73.9 Å². The molecule has 3 heteroatoms. The van der Waals surface area contributed by atoms with Gasteiger partial charge >= 0.3 is 0 Å². The van der Waals surface area contributed by atoms with E-state index < -0.39 is 0 Å². The van der Waals surface area contributed by atoms with Gasteiger partial charge in [-0.15, -0.1) is 0 Å². The molecular formula is C18H15ClNO+. The Bertz CT molecular complexity index is 772. The monoisotopic (exact) mass is 296 g/mol. The third-order valence-electron chi connectivity index (χ3n) is 3.27. The number of benzene rings is 1. The summed E-state index contributed by atoms with van der Waals surface area (Å²) in [5.41, 5.74) is 2.13. The predicted molar refractivity (Wildman–Crippen MR) is 85.7 cm³/mol. The first-order valence-corrected chi connectivity index (χ1v) is 7.09. The normalized spacial score (nSPS) is 11.1. The van der Waals surface area contributed by atoms with Crippen molar-refractivity contribution in [2.75, 3.05) is 0 Å².